The molecule has 290 valence electrons. The zero-order valence-electron chi connectivity index (χ0n) is 42.3. The van der Waals surface area contributed by atoms with Crippen molar-refractivity contribution in [3.8, 4) is 17.3 Å². The zero-order chi connectivity index (χ0) is 47.8. The topological polar surface area (TPSA) is 35.2 Å². The van der Waals surface area contributed by atoms with Gasteiger partial charge >= 0.3 is 0 Å². The van der Waals surface area contributed by atoms with Gasteiger partial charge in [-0.3, -0.25) is 0 Å². The Hall–Kier alpha value is -6.55. The van der Waals surface area contributed by atoms with Crippen LogP contribution in [0.4, 0.5) is 11.4 Å². The third kappa shape index (κ3) is 5.95. The van der Waals surface area contributed by atoms with Gasteiger partial charge in [-0.05, 0) is 104 Å². The van der Waals surface area contributed by atoms with Crippen molar-refractivity contribution in [1.29, 1.82) is 0 Å². The van der Waals surface area contributed by atoms with E-state index in [2.05, 4.69) is 84.1 Å². The number of fused-ring (bicyclic) bond motifs is 10. The van der Waals surface area contributed by atoms with E-state index in [0.29, 0.717) is 11.3 Å². The molecule has 0 radical (unpaired) electrons. The van der Waals surface area contributed by atoms with Gasteiger partial charge < -0.3 is 18.8 Å². The van der Waals surface area contributed by atoms with Crippen LogP contribution >= 0.6 is 0 Å². The molecule has 5 nitrogen and oxygen atoms in total. The second-order valence-electron chi connectivity index (χ2n) is 14.8. The van der Waals surface area contributed by atoms with Gasteiger partial charge in [-0.2, -0.15) is 12.1 Å². The van der Waals surface area contributed by atoms with Crippen LogP contribution in [0, 0.1) is 32.6 Å². The van der Waals surface area contributed by atoms with Crippen molar-refractivity contribution >= 4 is 76.5 Å². The summed E-state index contributed by atoms with van der Waals surface area (Å²) in [6, 6.07) is 32.4. The van der Waals surface area contributed by atoms with Crippen LogP contribution in [0.1, 0.15) is 50.1 Å². The van der Waals surface area contributed by atoms with E-state index in [1.54, 1.807) is 30.9 Å². The third-order valence-corrected chi connectivity index (χ3v) is 10.9. The molecule has 10 aromatic rings. The largest absolute Gasteiger partial charge is 0.509 e. The smallest absolute Gasteiger partial charge is 0.135 e. The van der Waals surface area contributed by atoms with E-state index in [4.69, 9.17) is 14.3 Å². The Kier molecular flexibility index (Phi) is 6.62. The van der Waals surface area contributed by atoms with Crippen LogP contribution in [0.2, 0.25) is 0 Å². The third-order valence-electron chi connectivity index (χ3n) is 10.9. The first-order chi connectivity index (χ1) is 32.5. The standard InChI is InChI=1S/C53H39N4O.Pt/c1-33(2)36-26-27-54-51(29-36)57-48-20-8-7-17-43(48)44-25-23-39(31-50(44)57)58-38-14-10-13-37(30-38)55-32-56-52-35(4)12-9-18-46(52)47-28-34(3)22-24-42(47)40-15-5-6-16-41(40)45-19-11-21-49(55)53(45)56;/h5-29,32-33H,1-4H3;/q-3;/i7D,8D,10D,13D,14D,17D,20D,23D,25D,33D;. The summed E-state index contributed by atoms with van der Waals surface area (Å²) in [6.07, 6.45) is 1.49. The van der Waals surface area contributed by atoms with Gasteiger partial charge in [-0.1, -0.05) is 133 Å². The number of ether oxygens (including phenoxy) is 1. The normalized spacial score (nSPS) is 14.7. The van der Waals surface area contributed by atoms with Crippen LogP contribution < -0.4 is 9.64 Å². The number of hydrogen-bond donors (Lipinski definition) is 0. The van der Waals surface area contributed by atoms with Crippen molar-refractivity contribution in [3.63, 3.8) is 0 Å². The molecule has 3 aromatic heterocycles. The second-order valence-corrected chi connectivity index (χ2v) is 14.8. The van der Waals surface area contributed by atoms with E-state index in [0.717, 1.165) is 54.5 Å². The van der Waals surface area contributed by atoms with E-state index < -0.39 is 54.2 Å². The molecule has 0 saturated carbocycles. The molecule has 0 saturated heterocycles. The van der Waals surface area contributed by atoms with Crippen LogP contribution in [0.15, 0.2) is 152 Å². The molecular weight excluding hydrogens is 904 g/mol. The second kappa shape index (κ2) is 14.4. The first-order valence-corrected chi connectivity index (χ1v) is 19.0. The number of hydrogen-bond acceptors (Lipinski definition) is 3. The van der Waals surface area contributed by atoms with Crippen molar-refractivity contribution in [2.75, 3.05) is 4.90 Å². The first kappa shape index (κ1) is 27.2. The number of pyridine rings is 1. The Labute approximate surface area is 371 Å². The molecule has 0 bridgehead atoms. The Bertz CT molecular complexity index is 3960. The molecule has 1 aliphatic rings. The molecular formula is C53H39N4OPt-3. The number of aryl methyl sites for hydroxylation is 2. The van der Waals surface area contributed by atoms with Crippen molar-refractivity contribution < 1.29 is 39.5 Å². The zero-order valence-corrected chi connectivity index (χ0v) is 34.6. The predicted molar refractivity (Wildman–Crippen MR) is 240 cm³/mol. The van der Waals surface area contributed by atoms with Crippen LogP contribution in [0.25, 0.3) is 71.0 Å². The summed E-state index contributed by atoms with van der Waals surface area (Å²) in [6.45, 7) is 9.41. The molecule has 0 N–H and O–H groups in total. The minimum absolute atomic E-state index is 0. The van der Waals surface area contributed by atoms with Gasteiger partial charge in [-0.25, -0.2) is 4.98 Å². The van der Waals surface area contributed by atoms with Crippen molar-refractivity contribution in [3.05, 3.63) is 187 Å². The van der Waals surface area contributed by atoms with E-state index >= 15 is 0 Å². The molecule has 0 spiro atoms. The Morgan fingerprint density at radius 2 is 1.42 bits per heavy atom. The predicted octanol–water partition coefficient (Wildman–Crippen LogP) is 14.0. The van der Waals surface area contributed by atoms with Crippen LogP contribution in [-0.2, 0) is 21.1 Å². The number of benzene rings is 7. The monoisotopic (exact) mass is 952 g/mol. The molecule has 0 atom stereocenters. The maximum atomic E-state index is 9.34. The SMILES string of the molecule is [2H]c1c(Oc2[c-]c3c(c([2H])c2[2H])c2c([2H])c([2H])c([2H])c([2H])c2n3-c2cc(C([2H])(C)C)ccn2)[c-]c(N2[CH-]n3c4c(C)cccc4c4cc(C)ccc4c4ccccc4c4cccc2c43)c([2H])c1[2H].[Pt]. The van der Waals surface area contributed by atoms with Gasteiger partial charge in [0.15, 0.2) is 0 Å². The van der Waals surface area contributed by atoms with Gasteiger partial charge in [-0.15, -0.1) is 35.6 Å². The molecule has 1 aliphatic heterocycles. The van der Waals surface area contributed by atoms with Gasteiger partial charge in [0.2, 0.25) is 0 Å². The number of nitrogens with zero attached hydrogens (tertiary/aromatic N) is 4. The summed E-state index contributed by atoms with van der Waals surface area (Å²) < 4.78 is 99.7. The summed E-state index contributed by atoms with van der Waals surface area (Å²) >= 11 is 0. The Balaban J connectivity index is 0.00000553. The number of aromatic nitrogens is 3. The molecule has 59 heavy (non-hydrogen) atoms. The van der Waals surface area contributed by atoms with Crippen LogP contribution in [0.3, 0.4) is 0 Å². The maximum Gasteiger partial charge on any atom is 0.135 e. The molecule has 7 aromatic carbocycles. The summed E-state index contributed by atoms with van der Waals surface area (Å²) in [5.74, 6) is -1.56. The fourth-order valence-electron chi connectivity index (χ4n) is 8.26. The van der Waals surface area contributed by atoms with Crippen LogP contribution in [0.5, 0.6) is 11.5 Å². The minimum atomic E-state index is -1.07. The van der Waals surface area contributed by atoms with Crippen molar-refractivity contribution in [2.45, 2.75) is 33.6 Å². The van der Waals surface area contributed by atoms with Gasteiger partial charge in [0.1, 0.15) is 5.82 Å². The number of anilines is 2. The molecule has 0 unspecified atom stereocenters. The van der Waals surface area contributed by atoms with E-state index in [1.807, 2.05) is 37.0 Å². The molecule has 11 rings (SSSR count). The first-order valence-electron chi connectivity index (χ1n) is 24.0. The summed E-state index contributed by atoms with van der Waals surface area (Å²) in [7, 11) is 0. The fraction of sp³-hybridized carbons (Fsp3) is 0.0943. The van der Waals surface area contributed by atoms with Crippen LogP contribution in [-0.4, -0.2) is 14.1 Å². The Morgan fingerprint density at radius 1 is 0.678 bits per heavy atom. The number of rotatable bonds is 5. The average Bonchev–Trinajstić information content (AvgIpc) is 3.89. The molecule has 4 heterocycles. The number of para-hydroxylation sites is 3. The summed E-state index contributed by atoms with van der Waals surface area (Å²) in [5, 5.41) is 6.11. The van der Waals surface area contributed by atoms with E-state index in [-0.39, 0.29) is 71.9 Å². The van der Waals surface area contributed by atoms with E-state index in [1.165, 1.54) is 10.8 Å². The summed E-state index contributed by atoms with van der Waals surface area (Å²) in [4.78, 5) is 6.31. The molecule has 0 fully saturated rings. The average molecular weight is 953 g/mol. The van der Waals surface area contributed by atoms with Gasteiger partial charge in [0, 0.05) is 54.1 Å². The molecule has 6 heteroatoms. The van der Waals surface area contributed by atoms with Crippen molar-refractivity contribution in [1.82, 2.24) is 14.1 Å². The maximum absolute atomic E-state index is 9.34. The van der Waals surface area contributed by atoms with Gasteiger partial charge in [0.25, 0.3) is 0 Å². The summed E-state index contributed by atoms with van der Waals surface area (Å²) in [5.41, 5.74) is 5.22. The van der Waals surface area contributed by atoms with Crippen molar-refractivity contribution in [2.24, 2.45) is 0 Å². The van der Waals surface area contributed by atoms with E-state index in [9.17, 15) is 4.11 Å². The Morgan fingerprint density at radius 3 is 2.27 bits per heavy atom. The van der Waals surface area contributed by atoms with Gasteiger partial charge in [0.05, 0.1) is 5.48 Å². The minimum Gasteiger partial charge on any atom is -0.509 e. The fourth-order valence-corrected chi connectivity index (χ4v) is 8.26. The molecule has 0 aliphatic carbocycles. The molecule has 0 amide bonds. The quantitative estimate of drug-likeness (QED) is 0.161.